The van der Waals surface area contributed by atoms with Gasteiger partial charge in [0.1, 0.15) is 0 Å². The molecule has 0 aliphatic heterocycles. The van der Waals surface area contributed by atoms with Crippen LogP contribution >= 0.6 is 0 Å². The number of hydrogen-bond donors (Lipinski definition) is 1. The summed E-state index contributed by atoms with van der Waals surface area (Å²) in [5.74, 6) is 1.40. The molecule has 9 nitrogen and oxygen atoms in total. The molecule has 0 spiro atoms. The SMILES string of the molecule is COc1cc(C(=O)n2nc(-c3cccnc3)nc2NCc2ccccc2)cc(OC)c1OC. The van der Waals surface area contributed by atoms with Crippen molar-refractivity contribution in [3.63, 3.8) is 0 Å². The van der Waals surface area contributed by atoms with Gasteiger partial charge in [-0.05, 0) is 29.8 Å². The number of pyridine rings is 1. The van der Waals surface area contributed by atoms with E-state index in [4.69, 9.17) is 14.2 Å². The van der Waals surface area contributed by atoms with Crippen LogP contribution in [-0.4, -0.2) is 47.0 Å². The number of aromatic nitrogens is 4. The molecule has 0 saturated heterocycles. The zero-order chi connectivity index (χ0) is 23.2. The first kappa shape index (κ1) is 21.8. The maximum absolute atomic E-state index is 13.5. The summed E-state index contributed by atoms with van der Waals surface area (Å²) in [5, 5.41) is 7.67. The largest absolute Gasteiger partial charge is 0.493 e. The third-order valence-electron chi connectivity index (χ3n) is 4.92. The molecular formula is C24H23N5O4. The van der Waals surface area contributed by atoms with E-state index in [0.29, 0.717) is 46.7 Å². The summed E-state index contributed by atoms with van der Waals surface area (Å²) < 4.78 is 17.4. The number of rotatable bonds is 8. The Labute approximate surface area is 191 Å². The van der Waals surface area contributed by atoms with Crippen molar-refractivity contribution in [2.24, 2.45) is 0 Å². The molecule has 2 aromatic carbocycles. The average molecular weight is 445 g/mol. The quantitative estimate of drug-likeness (QED) is 0.439. The monoisotopic (exact) mass is 445 g/mol. The molecule has 4 aromatic rings. The van der Waals surface area contributed by atoms with Gasteiger partial charge < -0.3 is 19.5 Å². The Bertz CT molecular complexity index is 1220. The molecule has 0 aliphatic carbocycles. The molecule has 0 atom stereocenters. The molecule has 0 saturated carbocycles. The normalized spacial score (nSPS) is 10.5. The van der Waals surface area contributed by atoms with Gasteiger partial charge in [-0.25, -0.2) is 0 Å². The summed E-state index contributed by atoms with van der Waals surface area (Å²) in [6.45, 7) is 0.467. The predicted octanol–water partition coefficient (Wildman–Crippen LogP) is 3.67. The fourth-order valence-corrected chi connectivity index (χ4v) is 3.29. The molecule has 33 heavy (non-hydrogen) atoms. The summed E-state index contributed by atoms with van der Waals surface area (Å²) in [6.07, 6.45) is 3.31. The van der Waals surface area contributed by atoms with Gasteiger partial charge in [-0.1, -0.05) is 30.3 Å². The lowest BCUT2D eigenvalue weighted by molar-refractivity contribution is 0.0946. The van der Waals surface area contributed by atoms with Crippen molar-refractivity contribution in [3.05, 3.63) is 78.1 Å². The van der Waals surface area contributed by atoms with E-state index < -0.39 is 5.91 Å². The van der Waals surface area contributed by atoms with Gasteiger partial charge >= 0.3 is 0 Å². The lowest BCUT2D eigenvalue weighted by Gasteiger charge is -2.14. The number of carbonyl (C=O) groups is 1. The Morgan fingerprint density at radius 1 is 0.970 bits per heavy atom. The van der Waals surface area contributed by atoms with Crippen molar-refractivity contribution in [2.75, 3.05) is 26.6 Å². The van der Waals surface area contributed by atoms with Gasteiger partial charge in [-0.15, -0.1) is 5.10 Å². The van der Waals surface area contributed by atoms with Crippen LogP contribution < -0.4 is 19.5 Å². The van der Waals surface area contributed by atoms with Crippen LogP contribution in [0.4, 0.5) is 5.95 Å². The Morgan fingerprint density at radius 2 is 1.70 bits per heavy atom. The highest BCUT2D eigenvalue weighted by Gasteiger charge is 2.22. The lowest BCUT2D eigenvalue weighted by Crippen LogP contribution is -2.18. The molecule has 0 unspecified atom stereocenters. The van der Waals surface area contributed by atoms with Crippen LogP contribution in [0.5, 0.6) is 17.2 Å². The first-order chi connectivity index (χ1) is 16.1. The molecule has 9 heteroatoms. The van der Waals surface area contributed by atoms with Crippen LogP contribution in [-0.2, 0) is 6.54 Å². The minimum Gasteiger partial charge on any atom is -0.493 e. The Balaban J connectivity index is 1.75. The Morgan fingerprint density at radius 3 is 2.30 bits per heavy atom. The highest BCUT2D eigenvalue weighted by atomic mass is 16.5. The van der Waals surface area contributed by atoms with Gasteiger partial charge in [0.2, 0.25) is 11.7 Å². The van der Waals surface area contributed by atoms with Crippen molar-refractivity contribution >= 4 is 11.9 Å². The number of anilines is 1. The zero-order valence-electron chi connectivity index (χ0n) is 18.5. The van der Waals surface area contributed by atoms with E-state index in [0.717, 1.165) is 5.56 Å². The van der Waals surface area contributed by atoms with Crippen LogP contribution in [0.25, 0.3) is 11.4 Å². The van der Waals surface area contributed by atoms with Gasteiger partial charge in [-0.2, -0.15) is 9.67 Å². The number of carbonyl (C=O) groups excluding carboxylic acids is 1. The van der Waals surface area contributed by atoms with Crippen LogP contribution in [0.2, 0.25) is 0 Å². The van der Waals surface area contributed by atoms with Gasteiger partial charge in [0.25, 0.3) is 5.91 Å². The third-order valence-corrected chi connectivity index (χ3v) is 4.92. The fourth-order valence-electron chi connectivity index (χ4n) is 3.29. The van der Waals surface area contributed by atoms with E-state index in [-0.39, 0.29) is 0 Å². The summed E-state index contributed by atoms with van der Waals surface area (Å²) in [4.78, 5) is 22.2. The molecule has 0 bridgehead atoms. The minimum atomic E-state index is -0.410. The van der Waals surface area contributed by atoms with Gasteiger partial charge in [0.05, 0.1) is 21.3 Å². The molecule has 4 rings (SSSR count). The topological polar surface area (TPSA) is 100 Å². The molecule has 0 radical (unpaired) electrons. The maximum atomic E-state index is 13.5. The number of nitrogens with zero attached hydrogens (tertiary/aromatic N) is 4. The van der Waals surface area contributed by atoms with Crippen LogP contribution in [0, 0.1) is 0 Å². The average Bonchev–Trinajstić information content (AvgIpc) is 3.31. The van der Waals surface area contributed by atoms with E-state index >= 15 is 0 Å². The molecule has 1 N–H and O–H groups in total. The van der Waals surface area contributed by atoms with Crippen molar-refractivity contribution in [1.29, 1.82) is 0 Å². The number of nitrogens with one attached hydrogen (secondary N) is 1. The first-order valence-electron chi connectivity index (χ1n) is 10.1. The molecular weight excluding hydrogens is 422 g/mol. The van der Waals surface area contributed by atoms with Crippen LogP contribution in [0.1, 0.15) is 15.9 Å². The number of benzene rings is 2. The minimum absolute atomic E-state index is 0.301. The van der Waals surface area contributed by atoms with Crippen LogP contribution in [0.15, 0.2) is 67.0 Å². The highest BCUT2D eigenvalue weighted by Crippen LogP contribution is 2.38. The molecule has 2 aromatic heterocycles. The molecule has 2 heterocycles. The lowest BCUT2D eigenvalue weighted by atomic mass is 10.1. The Kier molecular flexibility index (Phi) is 6.49. The molecule has 168 valence electrons. The summed E-state index contributed by atoms with van der Waals surface area (Å²) in [7, 11) is 4.49. The van der Waals surface area contributed by atoms with E-state index in [9.17, 15) is 4.79 Å². The molecule has 0 amide bonds. The maximum Gasteiger partial charge on any atom is 0.281 e. The number of methoxy groups -OCH3 is 3. The van der Waals surface area contributed by atoms with Crippen molar-refractivity contribution in [2.45, 2.75) is 6.54 Å². The van der Waals surface area contributed by atoms with E-state index in [2.05, 4.69) is 20.4 Å². The summed E-state index contributed by atoms with van der Waals surface area (Å²) in [6, 6.07) is 16.6. The fraction of sp³-hybridized carbons (Fsp3) is 0.167. The van der Waals surface area contributed by atoms with E-state index in [1.165, 1.54) is 26.0 Å². The van der Waals surface area contributed by atoms with E-state index in [1.54, 1.807) is 30.6 Å². The second-order valence-corrected chi connectivity index (χ2v) is 6.97. The van der Waals surface area contributed by atoms with E-state index in [1.807, 2.05) is 36.4 Å². The standard InChI is InChI=1S/C24H23N5O4/c1-31-19-12-18(13-20(32-2)21(19)33-3)23(30)29-24(26-14-16-8-5-4-6-9-16)27-22(28-29)17-10-7-11-25-15-17/h4-13,15H,14H2,1-3H3,(H,26,27,28). The van der Waals surface area contributed by atoms with Gasteiger partial charge in [0.15, 0.2) is 17.3 Å². The van der Waals surface area contributed by atoms with Crippen molar-refractivity contribution < 1.29 is 19.0 Å². The first-order valence-corrected chi connectivity index (χ1v) is 10.1. The summed E-state index contributed by atoms with van der Waals surface area (Å²) in [5.41, 5.74) is 2.03. The van der Waals surface area contributed by atoms with Crippen molar-refractivity contribution in [1.82, 2.24) is 19.7 Å². The third kappa shape index (κ3) is 4.62. The second-order valence-electron chi connectivity index (χ2n) is 6.97. The zero-order valence-corrected chi connectivity index (χ0v) is 18.5. The number of ether oxygens (including phenoxy) is 3. The highest BCUT2D eigenvalue weighted by molar-refractivity contribution is 5.98. The van der Waals surface area contributed by atoms with Crippen LogP contribution in [0.3, 0.4) is 0 Å². The second kappa shape index (κ2) is 9.82. The number of hydrogen-bond acceptors (Lipinski definition) is 8. The summed E-state index contributed by atoms with van der Waals surface area (Å²) >= 11 is 0. The van der Waals surface area contributed by atoms with Gasteiger partial charge in [-0.3, -0.25) is 9.78 Å². The molecule has 0 fully saturated rings. The smallest absolute Gasteiger partial charge is 0.281 e. The Hall–Kier alpha value is -4.40. The molecule has 0 aliphatic rings. The predicted molar refractivity (Wildman–Crippen MR) is 123 cm³/mol. The van der Waals surface area contributed by atoms with Gasteiger partial charge in [0, 0.05) is 30.1 Å². The van der Waals surface area contributed by atoms with Crippen molar-refractivity contribution in [3.8, 4) is 28.6 Å².